The molecule has 0 saturated carbocycles. The number of pyridine rings is 1. The van der Waals surface area contributed by atoms with Crippen LogP contribution in [0, 0.1) is 5.41 Å². The molecule has 0 saturated heterocycles. The van der Waals surface area contributed by atoms with E-state index >= 15 is 0 Å². The molecule has 3 aromatic rings. The monoisotopic (exact) mass is 402 g/mol. The van der Waals surface area contributed by atoms with Gasteiger partial charge in [0.2, 0.25) is 0 Å². The molecule has 152 valence electrons. The summed E-state index contributed by atoms with van der Waals surface area (Å²) in [6.07, 6.45) is 2.93. The van der Waals surface area contributed by atoms with E-state index in [1.807, 2.05) is 48.5 Å². The molecule has 0 radical (unpaired) electrons. The molecule has 30 heavy (non-hydrogen) atoms. The second-order valence-electron chi connectivity index (χ2n) is 6.40. The number of carbonyl (C=O) groups excluding carboxylic acids is 2. The highest BCUT2D eigenvalue weighted by atomic mass is 16.5. The minimum Gasteiger partial charge on any atom is -0.462 e. The van der Waals surface area contributed by atoms with Crippen molar-refractivity contribution in [2.75, 3.05) is 12.0 Å². The van der Waals surface area contributed by atoms with Gasteiger partial charge < -0.3 is 9.30 Å². The molecule has 0 fully saturated rings. The third-order valence-electron chi connectivity index (χ3n) is 4.35. The van der Waals surface area contributed by atoms with Crippen LogP contribution in [0.4, 0.5) is 5.69 Å². The number of para-hydroxylation sites is 2. The van der Waals surface area contributed by atoms with Crippen molar-refractivity contribution in [1.82, 2.24) is 4.57 Å². The van der Waals surface area contributed by atoms with Gasteiger partial charge in [-0.3, -0.25) is 15.6 Å². The lowest BCUT2D eigenvalue weighted by molar-refractivity contribution is 0.0523. The summed E-state index contributed by atoms with van der Waals surface area (Å²) in [6.45, 7) is 3.24. The van der Waals surface area contributed by atoms with E-state index < -0.39 is 5.97 Å². The maximum absolute atomic E-state index is 12.7. The molecule has 1 aromatic heterocycles. The van der Waals surface area contributed by atoms with Gasteiger partial charge in [0.05, 0.1) is 18.5 Å². The highest BCUT2D eigenvalue weighted by molar-refractivity contribution is 6.08. The average Bonchev–Trinajstić information content (AvgIpc) is 2.75. The zero-order valence-electron chi connectivity index (χ0n) is 16.8. The van der Waals surface area contributed by atoms with Crippen molar-refractivity contribution < 1.29 is 14.3 Å². The van der Waals surface area contributed by atoms with Crippen LogP contribution >= 0.6 is 0 Å². The van der Waals surface area contributed by atoms with Crippen LogP contribution in [0.15, 0.2) is 72.0 Å². The summed E-state index contributed by atoms with van der Waals surface area (Å²) in [5, 5.41) is 12.8. The van der Waals surface area contributed by atoms with Crippen molar-refractivity contribution >= 4 is 23.7 Å². The molecule has 3 rings (SSSR count). The van der Waals surface area contributed by atoms with Gasteiger partial charge in [0.15, 0.2) is 5.78 Å². The Bertz CT molecular complexity index is 1140. The number of nitrogens with zero attached hydrogens (tertiary/aromatic N) is 2. The minimum atomic E-state index is -0.684. The van der Waals surface area contributed by atoms with Gasteiger partial charge in [-0.2, -0.15) is 5.10 Å². The molecule has 0 spiro atoms. The third kappa shape index (κ3) is 4.52. The summed E-state index contributed by atoms with van der Waals surface area (Å²) in [4.78, 5) is 25.1. The lowest BCUT2D eigenvalue weighted by Gasteiger charge is -2.15. The molecular weight excluding hydrogens is 380 g/mol. The van der Waals surface area contributed by atoms with Crippen molar-refractivity contribution in [3.8, 4) is 5.69 Å². The van der Waals surface area contributed by atoms with E-state index in [1.165, 1.54) is 17.7 Å². The molecule has 7 nitrogen and oxygen atoms in total. The Morgan fingerprint density at radius 2 is 1.73 bits per heavy atom. The topological polar surface area (TPSA) is 96.5 Å². The fourth-order valence-corrected chi connectivity index (χ4v) is 2.95. The first-order valence-corrected chi connectivity index (χ1v) is 9.44. The Morgan fingerprint density at radius 3 is 2.33 bits per heavy atom. The number of esters is 1. The van der Waals surface area contributed by atoms with Gasteiger partial charge in [0, 0.05) is 23.0 Å². The average molecular weight is 402 g/mol. The SMILES string of the molecule is CCOC(=O)c1c(C=NNc2ccccc2)c(C(C)=O)cn(-c2ccccc2)c1=N. The summed E-state index contributed by atoms with van der Waals surface area (Å²) >= 11 is 0. The predicted octanol–water partition coefficient (Wildman–Crippen LogP) is 3.78. The second-order valence-corrected chi connectivity index (χ2v) is 6.40. The number of Topliss-reactive ketones (excluding diaryl/α,β-unsaturated/α-hetero) is 1. The number of hydrogen-bond acceptors (Lipinski definition) is 6. The fourth-order valence-electron chi connectivity index (χ4n) is 2.95. The second kappa shape index (κ2) is 9.47. The Morgan fingerprint density at radius 1 is 1.10 bits per heavy atom. The number of ketones is 1. The van der Waals surface area contributed by atoms with Crippen LogP contribution in [-0.4, -0.2) is 29.1 Å². The quantitative estimate of drug-likeness (QED) is 0.272. The van der Waals surface area contributed by atoms with E-state index in [0.717, 1.165) is 5.69 Å². The molecule has 0 bridgehead atoms. The van der Waals surface area contributed by atoms with Gasteiger partial charge >= 0.3 is 5.97 Å². The van der Waals surface area contributed by atoms with Crippen molar-refractivity contribution in [2.24, 2.45) is 5.10 Å². The van der Waals surface area contributed by atoms with Gasteiger partial charge in [0.1, 0.15) is 11.1 Å². The molecule has 2 N–H and O–H groups in total. The summed E-state index contributed by atoms with van der Waals surface area (Å²) < 4.78 is 6.67. The molecular formula is C23H22N4O3. The maximum atomic E-state index is 12.7. The highest BCUT2D eigenvalue weighted by Crippen LogP contribution is 2.16. The van der Waals surface area contributed by atoms with E-state index in [2.05, 4.69) is 10.5 Å². The summed E-state index contributed by atoms with van der Waals surface area (Å²) in [5.74, 6) is -0.942. The van der Waals surface area contributed by atoms with Gasteiger partial charge in [-0.05, 0) is 38.1 Å². The van der Waals surface area contributed by atoms with Crippen LogP contribution in [0.2, 0.25) is 0 Å². The predicted molar refractivity (Wildman–Crippen MR) is 115 cm³/mol. The third-order valence-corrected chi connectivity index (χ3v) is 4.35. The number of benzene rings is 2. The molecule has 0 unspecified atom stereocenters. The standard InChI is InChI=1S/C23H22N4O3/c1-3-30-23(29)21-19(14-25-26-17-10-6-4-7-11-17)20(16(2)28)15-27(22(21)24)18-12-8-5-9-13-18/h4-15,24,26H,3H2,1-2H3. The number of anilines is 1. The first-order valence-electron chi connectivity index (χ1n) is 9.44. The van der Waals surface area contributed by atoms with Crippen LogP contribution in [0.1, 0.15) is 40.1 Å². The first-order chi connectivity index (χ1) is 14.5. The van der Waals surface area contributed by atoms with Gasteiger partial charge in [-0.1, -0.05) is 36.4 Å². The zero-order valence-corrected chi connectivity index (χ0v) is 16.8. The number of ether oxygens (including phenoxy) is 1. The highest BCUT2D eigenvalue weighted by Gasteiger charge is 2.22. The van der Waals surface area contributed by atoms with E-state index in [0.29, 0.717) is 5.69 Å². The zero-order chi connectivity index (χ0) is 21.5. The van der Waals surface area contributed by atoms with Gasteiger partial charge in [-0.25, -0.2) is 4.79 Å². The van der Waals surface area contributed by atoms with Crippen molar-refractivity contribution in [1.29, 1.82) is 5.41 Å². The molecule has 1 heterocycles. The van der Waals surface area contributed by atoms with Crippen molar-refractivity contribution in [3.05, 3.63) is 89.0 Å². The minimum absolute atomic E-state index is 0.0213. The Labute approximate surface area is 174 Å². The number of nitrogens with one attached hydrogen (secondary N) is 2. The Balaban J connectivity index is 2.18. The number of rotatable bonds is 7. The summed E-state index contributed by atoms with van der Waals surface area (Å²) in [6, 6.07) is 18.3. The van der Waals surface area contributed by atoms with Crippen LogP contribution in [0.5, 0.6) is 0 Å². The summed E-state index contributed by atoms with van der Waals surface area (Å²) in [5.41, 5.74) is 4.65. The number of aromatic nitrogens is 1. The summed E-state index contributed by atoms with van der Waals surface area (Å²) in [7, 11) is 0. The fraction of sp³-hybridized carbons (Fsp3) is 0.130. The van der Waals surface area contributed by atoms with E-state index in [1.54, 1.807) is 25.3 Å². The van der Waals surface area contributed by atoms with E-state index in [4.69, 9.17) is 10.1 Å². The van der Waals surface area contributed by atoms with Gasteiger partial charge in [0.25, 0.3) is 0 Å². The molecule has 2 aromatic carbocycles. The Kier molecular flexibility index (Phi) is 6.54. The van der Waals surface area contributed by atoms with Crippen LogP contribution < -0.4 is 10.9 Å². The lowest BCUT2D eigenvalue weighted by Crippen LogP contribution is -2.30. The number of carbonyl (C=O) groups is 2. The molecule has 0 aliphatic carbocycles. The van der Waals surface area contributed by atoms with E-state index in [9.17, 15) is 9.59 Å². The molecule has 0 amide bonds. The van der Waals surface area contributed by atoms with Gasteiger partial charge in [-0.15, -0.1) is 0 Å². The molecule has 0 atom stereocenters. The van der Waals surface area contributed by atoms with Crippen molar-refractivity contribution in [3.63, 3.8) is 0 Å². The molecule has 7 heteroatoms. The Hall–Kier alpha value is -4.00. The smallest absolute Gasteiger partial charge is 0.342 e. The number of hydrogen-bond donors (Lipinski definition) is 2. The van der Waals surface area contributed by atoms with Crippen molar-refractivity contribution in [2.45, 2.75) is 13.8 Å². The van der Waals surface area contributed by atoms with Crippen LogP contribution in [0.3, 0.4) is 0 Å². The number of hydrazone groups is 1. The molecule has 0 aliphatic rings. The van der Waals surface area contributed by atoms with E-state index in [-0.39, 0.29) is 34.6 Å². The van der Waals surface area contributed by atoms with Crippen LogP contribution in [-0.2, 0) is 4.74 Å². The van der Waals surface area contributed by atoms with Crippen LogP contribution in [0.25, 0.3) is 5.69 Å². The molecule has 0 aliphatic heterocycles. The maximum Gasteiger partial charge on any atom is 0.342 e. The first kappa shape index (κ1) is 20.7. The largest absolute Gasteiger partial charge is 0.462 e. The normalized spacial score (nSPS) is 10.7. The lowest BCUT2D eigenvalue weighted by atomic mass is 10.0.